The van der Waals surface area contributed by atoms with Crippen LogP contribution in [0.15, 0.2) is 55.1 Å². The molecule has 0 saturated carbocycles. The van der Waals surface area contributed by atoms with Gasteiger partial charge in [-0.15, -0.1) is 0 Å². The van der Waals surface area contributed by atoms with Crippen LogP contribution in [0.5, 0.6) is 11.5 Å². The lowest BCUT2D eigenvalue weighted by Crippen LogP contribution is -2.46. The Labute approximate surface area is 191 Å². The maximum Gasteiger partial charge on any atom is 0.137 e. The molecule has 0 atom stereocenters. The third-order valence-corrected chi connectivity index (χ3v) is 5.89. The number of aromatic hydroxyl groups is 1. The van der Waals surface area contributed by atoms with Crippen LogP contribution in [-0.2, 0) is 6.54 Å². The zero-order valence-electron chi connectivity index (χ0n) is 18.2. The van der Waals surface area contributed by atoms with Gasteiger partial charge in [0.25, 0.3) is 0 Å². The van der Waals surface area contributed by atoms with E-state index in [0.29, 0.717) is 11.1 Å². The summed E-state index contributed by atoms with van der Waals surface area (Å²) in [4.78, 5) is 13.8. The largest absolute Gasteiger partial charge is 0.506 e. The zero-order valence-corrected chi connectivity index (χ0v) is 18.2. The van der Waals surface area contributed by atoms with Crippen molar-refractivity contribution in [3.05, 3.63) is 66.4 Å². The number of hydrogen-bond donors (Lipinski definition) is 1. The molecule has 166 valence electrons. The second-order valence-electron chi connectivity index (χ2n) is 7.93. The first-order valence-electron chi connectivity index (χ1n) is 10.7. The highest BCUT2D eigenvalue weighted by Gasteiger charge is 2.19. The van der Waals surface area contributed by atoms with Crippen molar-refractivity contribution in [2.24, 2.45) is 0 Å². The molecule has 9 heteroatoms. The molecule has 0 radical (unpaired) electrons. The standard InChI is InChI=1S/C24H23N7O2/c1-33-21-4-3-19(26-14-21)15-29-6-8-30(9-7-29)23-5-2-17(12-27-23)22-10-20(32)16-31-24(22)18(11-25)13-28-31/h2-5,10,12-14,16,32H,6-9,15H2,1H3. The first kappa shape index (κ1) is 20.7. The second-order valence-corrected chi connectivity index (χ2v) is 7.93. The quantitative estimate of drug-likeness (QED) is 0.504. The van der Waals surface area contributed by atoms with Crippen LogP contribution in [0.2, 0.25) is 0 Å². The van der Waals surface area contributed by atoms with E-state index in [0.717, 1.165) is 61.1 Å². The highest BCUT2D eigenvalue weighted by atomic mass is 16.5. The Morgan fingerprint density at radius 1 is 1.06 bits per heavy atom. The van der Waals surface area contributed by atoms with Crippen molar-refractivity contribution in [3.63, 3.8) is 0 Å². The van der Waals surface area contributed by atoms with E-state index in [1.54, 1.807) is 25.6 Å². The summed E-state index contributed by atoms with van der Waals surface area (Å²) in [5.41, 5.74) is 3.68. The van der Waals surface area contributed by atoms with Crippen LogP contribution in [-0.4, -0.2) is 62.9 Å². The number of pyridine rings is 3. The van der Waals surface area contributed by atoms with Crippen LogP contribution >= 0.6 is 0 Å². The Bertz CT molecular complexity index is 1300. The van der Waals surface area contributed by atoms with E-state index in [9.17, 15) is 10.4 Å². The maximum atomic E-state index is 10.1. The minimum atomic E-state index is 0.0802. The SMILES string of the molecule is COc1ccc(CN2CCN(c3ccc(-c4cc(O)cn5ncc(C#N)c45)cn3)CC2)nc1. The summed E-state index contributed by atoms with van der Waals surface area (Å²) in [5, 5.41) is 23.7. The van der Waals surface area contributed by atoms with Gasteiger partial charge in [0.15, 0.2) is 0 Å². The van der Waals surface area contributed by atoms with Crippen LogP contribution < -0.4 is 9.64 Å². The number of hydrogen-bond acceptors (Lipinski definition) is 8. The Hall–Kier alpha value is -4.16. The number of piperazine rings is 1. The van der Waals surface area contributed by atoms with Crippen LogP contribution in [0.4, 0.5) is 5.82 Å². The molecule has 5 rings (SSSR count). The number of methoxy groups -OCH3 is 1. The van der Waals surface area contributed by atoms with Crippen LogP contribution in [0.25, 0.3) is 16.6 Å². The van der Waals surface area contributed by atoms with Gasteiger partial charge in [-0.1, -0.05) is 0 Å². The van der Waals surface area contributed by atoms with Gasteiger partial charge in [0.1, 0.15) is 23.4 Å². The number of aromatic nitrogens is 4. The lowest BCUT2D eigenvalue weighted by molar-refractivity contribution is 0.246. The molecule has 4 aromatic heterocycles. The Kier molecular flexibility index (Phi) is 5.50. The summed E-state index contributed by atoms with van der Waals surface area (Å²) in [6, 6.07) is 11.7. The average molecular weight is 441 g/mol. The normalized spacial score (nSPS) is 14.4. The summed E-state index contributed by atoms with van der Waals surface area (Å²) in [6.07, 6.45) is 6.52. The van der Waals surface area contributed by atoms with Gasteiger partial charge in [-0.05, 0) is 30.3 Å². The number of rotatable bonds is 5. The topological polar surface area (TPSA) is 103 Å². The van der Waals surface area contributed by atoms with E-state index in [-0.39, 0.29) is 5.75 Å². The van der Waals surface area contributed by atoms with E-state index in [2.05, 4.69) is 30.9 Å². The molecule has 0 bridgehead atoms. The van der Waals surface area contributed by atoms with Gasteiger partial charge in [0, 0.05) is 50.0 Å². The van der Waals surface area contributed by atoms with Crippen molar-refractivity contribution >= 4 is 11.3 Å². The van der Waals surface area contributed by atoms with Crippen LogP contribution in [0.3, 0.4) is 0 Å². The number of fused-ring (bicyclic) bond motifs is 1. The van der Waals surface area contributed by atoms with E-state index >= 15 is 0 Å². The molecule has 1 aliphatic rings. The molecule has 9 nitrogen and oxygen atoms in total. The van der Waals surface area contributed by atoms with E-state index in [1.807, 2.05) is 24.3 Å². The number of anilines is 1. The molecular formula is C24H23N7O2. The maximum absolute atomic E-state index is 10.1. The summed E-state index contributed by atoms with van der Waals surface area (Å²) < 4.78 is 6.69. The average Bonchev–Trinajstić information content (AvgIpc) is 3.27. The van der Waals surface area contributed by atoms with Crippen LogP contribution in [0.1, 0.15) is 11.3 Å². The van der Waals surface area contributed by atoms with Crippen molar-refractivity contribution in [2.45, 2.75) is 6.54 Å². The second kappa shape index (κ2) is 8.76. The number of nitrogens with zero attached hydrogens (tertiary/aromatic N) is 7. The van der Waals surface area contributed by atoms with Crippen molar-refractivity contribution < 1.29 is 9.84 Å². The minimum Gasteiger partial charge on any atom is -0.506 e. The van der Waals surface area contributed by atoms with Crippen molar-refractivity contribution in [1.82, 2.24) is 24.5 Å². The Morgan fingerprint density at radius 2 is 1.91 bits per heavy atom. The molecule has 1 N–H and O–H groups in total. The molecule has 0 amide bonds. The summed E-state index contributed by atoms with van der Waals surface area (Å²) in [7, 11) is 1.64. The molecule has 5 heterocycles. The highest BCUT2D eigenvalue weighted by Crippen LogP contribution is 2.30. The highest BCUT2D eigenvalue weighted by molar-refractivity contribution is 5.85. The smallest absolute Gasteiger partial charge is 0.137 e. The van der Waals surface area contributed by atoms with Crippen molar-refractivity contribution in [2.75, 3.05) is 38.2 Å². The molecule has 33 heavy (non-hydrogen) atoms. The predicted octanol–water partition coefficient (Wildman–Crippen LogP) is 2.70. The molecule has 0 unspecified atom stereocenters. The number of ether oxygens (including phenoxy) is 1. The van der Waals surface area contributed by atoms with Gasteiger partial charge in [-0.2, -0.15) is 10.4 Å². The Balaban J connectivity index is 1.28. The molecule has 1 fully saturated rings. The van der Waals surface area contributed by atoms with Gasteiger partial charge in [-0.3, -0.25) is 9.88 Å². The summed E-state index contributed by atoms with van der Waals surface area (Å²) in [6.45, 7) is 4.40. The third-order valence-electron chi connectivity index (χ3n) is 5.89. The summed E-state index contributed by atoms with van der Waals surface area (Å²) in [5.74, 6) is 1.75. The lowest BCUT2D eigenvalue weighted by Gasteiger charge is -2.35. The molecule has 4 aromatic rings. The fraction of sp³-hybridized carbons (Fsp3) is 0.250. The minimum absolute atomic E-state index is 0.0802. The van der Waals surface area contributed by atoms with Crippen molar-refractivity contribution in [1.29, 1.82) is 5.26 Å². The Morgan fingerprint density at radius 3 is 2.58 bits per heavy atom. The monoisotopic (exact) mass is 441 g/mol. The molecule has 0 aliphatic carbocycles. The fourth-order valence-corrected chi connectivity index (χ4v) is 4.13. The summed E-state index contributed by atoms with van der Waals surface area (Å²) >= 11 is 0. The van der Waals surface area contributed by atoms with Gasteiger partial charge in [0.05, 0.1) is 42.5 Å². The lowest BCUT2D eigenvalue weighted by atomic mass is 10.1. The first-order valence-corrected chi connectivity index (χ1v) is 10.7. The van der Waals surface area contributed by atoms with Gasteiger partial charge in [-0.25, -0.2) is 9.50 Å². The molecule has 1 saturated heterocycles. The molecule has 0 aromatic carbocycles. The van der Waals surface area contributed by atoms with Crippen LogP contribution in [0, 0.1) is 11.3 Å². The first-order chi connectivity index (χ1) is 16.1. The zero-order chi connectivity index (χ0) is 22.8. The fourth-order valence-electron chi connectivity index (χ4n) is 4.13. The van der Waals surface area contributed by atoms with E-state index in [1.165, 1.54) is 16.9 Å². The molecular weight excluding hydrogens is 418 g/mol. The molecule has 1 aliphatic heterocycles. The van der Waals surface area contributed by atoms with Gasteiger partial charge >= 0.3 is 0 Å². The third kappa shape index (κ3) is 4.16. The van der Waals surface area contributed by atoms with Gasteiger partial charge in [0.2, 0.25) is 0 Å². The molecule has 0 spiro atoms. The predicted molar refractivity (Wildman–Crippen MR) is 123 cm³/mol. The van der Waals surface area contributed by atoms with E-state index in [4.69, 9.17) is 4.74 Å². The van der Waals surface area contributed by atoms with Gasteiger partial charge < -0.3 is 14.7 Å². The number of nitriles is 1. The van der Waals surface area contributed by atoms with E-state index < -0.39 is 0 Å². The van der Waals surface area contributed by atoms with Crippen molar-refractivity contribution in [3.8, 4) is 28.7 Å².